The smallest absolute Gasteiger partial charge is 0.325 e. The first-order valence-corrected chi connectivity index (χ1v) is 10.5. The van der Waals surface area contributed by atoms with Crippen LogP contribution in [0.25, 0.3) is 20.4 Å². The molecule has 9 heteroatoms. The van der Waals surface area contributed by atoms with E-state index in [1.807, 2.05) is 30.5 Å². The summed E-state index contributed by atoms with van der Waals surface area (Å²) in [6.07, 6.45) is 2.01. The van der Waals surface area contributed by atoms with E-state index in [2.05, 4.69) is 20.6 Å². The lowest BCUT2D eigenvalue weighted by atomic mass is 10.3. The van der Waals surface area contributed by atoms with Crippen molar-refractivity contribution in [3.63, 3.8) is 0 Å². The molecule has 0 aliphatic carbocycles. The van der Waals surface area contributed by atoms with E-state index >= 15 is 0 Å². The number of anilines is 2. The Labute approximate surface area is 161 Å². The average molecular weight is 403 g/mol. The molecular weight excluding hydrogens is 388 g/mol. The van der Waals surface area contributed by atoms with Gasteiger partial charge in [0.2, 0.25) is 0 Å². The van der Waals surface area contributed by atoms with Gasteiger partial charge in [0.25, 0.3) is 0 Å². The Morgan fingerprint density at radius 3 is 2.62 bits per heavy atom. The van der Waals surface area contributed by atoms with Gasteiger partial charge in [0.1, 0.15) is 5.75 Å². The number of thioether (sulfide) groups is 1. The maximum Gasteiger partial charge on any atom is 0.325 e. The van der Waals surface area contributed by atoms with E-state index < -0.39 is 0 Å². The third-order valence-corrected chi connectivity index (χ3v) is 6.82. The number of nitrogens with one attached hydrogen (secondary N) is 2. The van der Waals surface area contributed by atoms with E-state index in [0.29, 0.717) is 16.6 Å². The number of ether oxygens (including phenoxy) is 1. The molecule has 0 bridgehead atoms. The average Bonchev–Trinajstić information content (AvgIpc) is 3.24. The highest BCUT2D eigenvalue weighted by atomic mass is 32.2. The van der Waals surface area contributed by atoms with Gasteiger partial charge in [-0.1, -0.05) is 29.2 Å². The van der Waals surface area contributed by atoms with Crippen LogP contribution in [-0.2, 0) is 0 Å². The summed E-state index contributed by atoms with van der Waals surface area (Å²) in [6, 6.07) is 10.7. The summed E-state index contributed by atoms with van der Waals surface area (Å²) in [5.41, 5.74) is 2.47. The van der Waals surface area contributed by atoms with E-state index in [4.69, 9.17) is 4.74 Å². The van der Waals surface area contributed by atoms with Gasteiger partial charge in [0, 0.05) is 11.8 Å². The fraction of sp³-hybridized carbons (Fsp3) is 0.118. The molecule has 26 heavy (non-hydrogen) atoms. The summed E-state index contributed by atoms with van der Waals surface area (Å²) in [7, 11) is 1.59. The van der Waals surface area contributed by atoms with Crippen LogP contribution in [-0.4, -0.2) is 29.4 Å². The second-order valence-corrected chi connectivity index (χ2v) is 8.33. The van der Waals surface area contributed by atoms with Crippen molar-refractivity contribution in [2.24, 2.45) is 0 Å². The van der Waals surface area contributed by atoms with Crippen molar-refractivity contribution < 1.29 is 9.53 Å². The van der Waals surface area contributed by atoms with Gasteiger partial charge in [-0.3, -0.25) is 5.32 Å². The number of rotatable bonds is 4. The third-order valence-electron chi connectivity index (χ3n) is 3.62. The molecule has 0 aliphatic rings. The van der Waals surface area contributed by atoms with Gasteiger partial charge in [-0.05, 0) is 30.5 Å². The highest BCUT2D eigenvalue weighted by Crippen LogP contribution is 2.38. The zero-order valence-electron chi connectivity index (χ0n) is 13.9. The quantitative estimate of drug-likeness (QED) is 0.454. The number of aromatic nitrogens is 2. The molecule has 0 unspecified atom stereocenters. The predicted molar refractivity (Wildman–Crippen MR) is 110 cm³/mol. The van der Waals surface area contributed by atoms with Gasteiger partial charge in [-0.25, -0.2) is 14.8 Å². The van der Waals surface area contributed by atoms with Crippen molar-refractivity contribution in [2.45, 2.75) is 4.34 Å². The van der Waals surface area contributed by atoms with Crippen molar-refractivity contribution in [2.75, 3.05) is 24.0 Å². The Morgan fingerprint density at radius 1 is 1.08 bits per heavy atom. The molecule has 6 nitrogen and oxygen atoms in total. The number of benzene rings is 2. The molecule has 4 rings (SSSR count). The van der Waals surface area contributed by atoms with Gasteiger partial charge >= 0.3 is 6.03 Å². The number of methoxy groups -OCH3 is 1. The van der Waals surface area contributed by atoms with Gasteiger partial charge in [0.15, 0.2) is 9.47 Å². The van der Waals surface area contributed by atoms with Crippen LogP contribution in [0.1, 0.15) is 0 Å². The van der Waals surface area contributed by atoms with Gasteiger partial charge in [-0.2, -0.15) is 0 Å². The monoisotopic (exact) mass is 402 g/mol. The van der Waals surface area contributed by atoms with E-state index in [0.717, 1.165) is 24.8 Å². The molecule has 2 amide bonds. The van der Waals surface area contributed by atoms with Crippen LogP contribution >= 0.6 is 34.4 Å². The van der Waals surface area contributed by atoms with Crippen molar-refractivity contribution in [1.82, 2.24) is 9.97 Å². The predicted octanol–water partition coefficient (Wildman–Crippen LogP) is 5.28. The zero-order valence-corrected chi connectivity index (χ0v) is 16.3. The zero-order chi connectivity index (χ0) is 18.1. The lowest BCUT2D eigenvalue weighted by molar-refractivity contribution is 0.262. The molecule has 0 saturated heterocycles. The maximum absolute atomic E-state index is 12.3. The largest absolute Gasteiger partial charge is 0.497 e. The second-order valence-electron chi connectivity index (χ2n) is 5.28. The van der Waals surface area contributed by atoms with Crippen LogP contribution in [0.4, 0.5) is 15.6 Å². The summed E-state index contributed by atoms with van der Waals surface area (Å²) in [6.45, 7) is 0. The van der Waals surface area contributed by atoms with Crippen molar-refractivity contribution >= 4 is 71.7 Å². The first-order valence-electron chi connectivity index (χ1n) is 7.62. The Hall–Kier alpha value is -2.36. The Balaban J connectivity index is 1.57. The van der Waals surface area contributed by atoms with Crippen molar-refractivity contribution in [1.29, 1.82) is 0 Å². The van der Waals surface area contributed by atoms with Crippen LogP contribution in [0.3, 0.4) is 0 Å². The van der Waals surface area contributed by atoms with E-state index in [1.165, 1.54) is 11.3 Å². The minimum atomic E-state index is -0.345. The van der Waals surface area contributed by atoms with Gasteiger partial charge in [-0.15, -0.1) is 11.3 Å². The van der Waals surface area contributed by atoms with Crippen molar-refractivity contribution in [3.8, 4) is 5.75 Å². The Morgan fingerprint density at radius 2 is 1.85 bits per heavy atom. The van der Waals surface area contributed by atoms with Crippen LogP contribution < -0.4 is 15.4 Å². The van der Waals surface area contributed by atoms with E-state index in [1.54, 1.807) is 42.3 Å². The molecule has 0 fully saturated rings. The number of hydrogen-bond donors (Lipinski definition) is 2. The number of thiazole rings is 2. The number of amides is 2. The van der Waals surface area contributed by atoms with Crippen molar-refractivity contribution in [3.05, 3.63) is 36.4 Å². The molecule has 2 N–H and O–H groups in total. The topological polar surface area (TPSA) is 76.1 Å². The molecular formula is C17H14N4O2S3. The third kappa shape index (κ3) is 3.33. The second kappa shape index (κ2) is 7.10. The SMILES string of the molecule is COc1cccc(NC(=O)Nc2nc3ccc4nc(SC)sc4c3s2)c1. The molecule has 0 atom stereocenters. The lowest BCUT2D eigenvalue weighted by Crippen LogP contribution is -2.19. The molecule has 132 valence electrons. The number of fused-ring (bicyclic) bond motifs is 3. The van der Waals surface area contributed by atoms with Crippen LogP contribution in [0.2, 0.25) is 0 Å². The molecule has 2 aromatic heterocycles. The number of hydrogen-bond acceptors (Lipinski definition) is 7. The Kier molecular flexibility index (Phi) is 4.66. The fourth-order valence-electron chi connectivity index (χ4n) is 2.45. The summed E-state index contributed by atoms with van der Waals surface area (Å²) in [5.74, 6) is 0.681. The molecule has 0 radical (unpaired) electrons. The summed E-state index contributed by atoms with van der Waals surface area (Å²) >= 11 is 4.72. The minimum Gasteiger partial charge on any atom is -0.497 e. The Bertz CT molecular complexity index is 1110. The highest BCUT2D eigenvalue weighted by molar-refractivity contribution is 8.00. The molecule has 0 spiro atoms. The van der Waals surface area contributed by atoms with Crippen LogP contribution in [0.15, 0.2) is 40.7 Å². The van der Waals surface area contributed by atoms with E-state index in [9.17, 15) is 4.79 Å². The molecule has 2 heterocycles. The van der Waals surface area contributed by atoms with E-state index in [-0.39, 0.29) is 6.03 Å². The van der Waals surface area contributed by atoms with Crippen LogP contribution in [0.5, 0.6) is 5.75 Å². The van der Waals surface area contributed by atoms with Gasteiger partial charge < -0.3 is 10.1 Å². The molecule has 2 aromatic carbocycles. The van der Waals surface area contributed by atoms with Gasteiger partial charge in [0.05, 0.1) is 27.5 Å². The maximum atomic E-state index is 12.3. The minimum absolute atomic E-state index is 0.345. The summed E-state index contributed by atoms with van der Waals surface area (Å²) < 4.78 is 8.32. The standard InChI is InChI=1S/C17H14N4O2S3/c1-23-10-5-3-4-9(8-10)18-15(22)21-16-19-11-6-7-12-14(13(11)25-16)26-17(20-12)24-2/h3-8H,1-2H3,(H2,18,19,21,22). The first-order chi connectivity index (χ1) is 12.7. The summed E-state index contributed by atoms with van der Waals surface area (Å²) in [4.78, 5) is 21.3. The summed E-state index contributed by atoms with van der Waals surface area (Å²) in [5, 5.41) is 6.13. The lowest BCUT2D eigenvalue weighted by Gasteiger charge is -2.06. The highest BCUT2D eigenvalue weighted by Gasteiger charge is 2.13. The normalized spacial score (nSPS) is 11.0. The number of nitrogens with zero attached hydrogens (tertiary/aromatic N) is 2. The number of carbonyl (C=O) groups is 1. The number of urea groups is 1. The molecule has 4 aromatic rings. The number of carbonyl (C=O) groups excluding carboxylic acids is 1. The fourth-order valence-corrected chi connectivity index (χ4v) is 5.11. The molecule has 0 saturated carbocycles. The van der Waals surface area contributed by atoms with Crippen LogP contribution in [0, 0.1) is 0 Å². The molecule has 0 aliphatic heterocycles. The first kappa shape index (κ1) is 17.1.